The van der Waals surface area contributed by atoms with Crippen molar-refractivity contribution in [1.82, 2.24) is 0 Å². The summed E-state index contributed by atoms with van der Waals surface area (Å²) in [5.74, 6) is 0. The molecule has 0 amide bonds. The van der Waals surface area contributed by atoms with Crippen molar-refractivity contribution in [2.45, 2.75) is 32.9 Å². The van der Waals surface area contributed by atoms with Crippen LogP contribution in [0, 0.1) is 0 Å². The largest absolute Gasteiger partial charge is 0.528 e. The molecule has 1 aliphatic rings. The molecular weight excluding hydrogens is 212 g/mol. The monoisotopic (exact) mass is 232 g/mol. The first-order valence-corrected chi connectivity index (χ1v) is 7.37. The second-order valence-corrected chi connectivity index (χ2v) is 5.93. The van der Waals surface area contributed by atoms with Gasteiger partial charge in [0.15, 0.2) is 0 Å². The van der Waals surface area contributed by atoms with Gasteiger partial charge in [0.1, 0.15) is 5.67 Å². The molecule has 0 aromatic carbocycles. The van der Waals surface area contributed by atoms with Crippen LogP contribution in [0.3, 0.4) is 0 Å². The maximum atomic E-state index is 5.74. The molecule has 1 rings (SSSR count). The maximum absolute atomic E-state index is 5.74. The van der Waals surface area contributed by atoms with Crippen LogP contribution in [0.1, 0.15) is 27.2 Å². The lowest BCUT2D eigenvalue weighted by Gasteiger charge is -2.30. The van der Waals surface area contributed by atoms with E-state index in [1.54, 1.807) is 0 Å². The molecule has 6 heteroatoms. The Bertz CT molecular complexity index is 197. The summed E-state index contributed by atoms with van der Waals surface area (Å²) in [4.78, 5) is 0. The number of nitrogens with zero attached hydrogens (tertiary/aromatic N) is 2. The second kappa shape index (κ2) is 6.32. The second-order valence-electron chi connectivity index (χ2n) is 3.19. The van der Waals surface area contributed by atoms with E-state index in [1.807, 2.05) is 20.8 Å². The smallest absolute Gasteiger partial charge is 0.372 e. The predicted octanol–water partition coefficient (Wildman–Crippen LogP) is 1.80. The van der Waals surface area contributed by atoms with Crippen LogP contribution in [0.5, 0.6) is 0 Å². The van der Waals surface area contributed by atoms with E-state index in [0.29, 0.717) is 19.8 Å². The normalized spacial score (nSPS) is 21.1. The lowest BCUT2D eigenvalue weighted by atomic mass is 10.5. The minimum absolute atomic E-state index is 0.00245. The Kier molecular flexibility index (Phi) is 5.38. The first kappa shape index (κ1) is 12.8. The molecule has 88 valence electrons. The highest BCUT2D eigenvalue weighted by molar-refractivity contribution is 6.62. The third-order valence-electron chi connectivity index (χ3n) is 2.17. The van der Waals surface area contributed by atoms with Gasteiger partial charge in [0.25, 0.3) is 0 Å². The van der Waals surface area contributed by atoms with E-state index in [0.717, 1.165) is 13.0 Å². The van der Waals surface area contributed by atoms with E-state index in [9.17, 15) is 0 Å². The topological polar surface area (TPSA) is 52.4 Å². The summed E-state index contributed by atoms with van der Waals surface area (Å²) in [6.07, 6.45) is 0.881. The zero-order chi connectivity index (χ0) is 11.1. The van der Waals surface area contributed by atoms with Crippen molar-refractivity contribution >= 4 is 8.80 Å². The Morgan fingerprint density at radius 3 is 1.93 bits per heavy atom. The number of azo groups is 1. The van der Waals surface area contributed by atoms with Crippen LogP contribution in [-0.2, 0) is 13.3 Å². The Morgan fingerprint density at radius 1 is 1.07 bits per heavy atom. The Hall–Kier alpha value is -0.303. The van der Waals surface area contributed by atoms with Gasteiger partial charge in [0, 0.05) is 19.8 Å². The predicted molar refractivity (Wildman–Crippen MR) is 58.8 cm³/mol. The third-order valence-corrected chi connectivity index (χ3v) is 5.46. The van der Waals surface area contributed by atoms with Crippen LogP contribution in [0.4, 0.5) is 0 Å². The lowest BCUT2D eigenvalue weighted by Crippen LogP contribution is -2.55. The Labute approximate surface area is 92.2 Å². The molecule has 0 aromatic rings. The summed E-state index contributed by atoms with van der Waals surface area (Å²) in [5, 5.41) is 8.17. The summed E-state index contributed by atoms with van der Waals surface area (Å²) in [6.45, 7) is 8.39. The van der Waals surface area contributed by atoms with Crippen LogP contribution >= 0.6 is 0 Å². The van der Waals surface area contributed by atoms with Crippen molar-refractivity contribution < 1.29 is 13.3 Å². The van der Waals surface area contributed by atoms with Gasteiger partial charge in [0.2, 0.25) is 0 Å². The molecule has 0 aromatic heterocycles. The fourth-order valence-electron chi connectivity index (χ4n) is 1.66. The standard InChI is InChI=1S/C9H20N2O3Si/c1-4-12-15(13-5-2,14-6-3)9-7-8-10-11-9/h9H,4-8H2,1-3H3. The molecular formula is C9H20N2O3Si. The molecule has 1 unspecified atom stereocenters. The number of rotatable bonds is 7. The van der Waals surface area contributed by atoms with E-state index in [2.05, 4.69) is 10.2 Å². The van der Waals surface area contributed by atoms with Crippen molar-refractivity contribution in [2.24, 2.45) is 10.2 Å². The van der Waals surface area contributed by atoms with E-state index in [-0.39, 0.29) is 5.67 Å². The van der Waals surface area contributed by atoms with Gasteiger partial charge in [-0.15, -0.1) is 0 Å². The van der Waals surface area contributed by atoms with Crippen LogP contribution < -0.4 is 0 Å². The summed E-state index contributed by atoms with van der Waals surface area (Å²) in [7, 11) is -2.62. The minimum Gasteiger partial charge on any atom is -0.372 e. The molecule has 0 spiro atoms. The summed E-state index contributed by atoms with van der Waals surface area (Å²) >= 11 is 0. The molecule has 0 radical (unpaired) electrons. The maximum Gasteiger partial charge on any atom is 0.528 e. The van der Waals surface area contributed by atoms with E-state index < -0.39 is 8.80 Å². The van der Waals surface area contributed by atoms with Crippen molar-refractivity contribution in [3.05, 3.63) is 0 Å². The molecule has 0 bridgehead atoms. The highest BCUT2D eigenvalue weighted by atomic mass is 28.4. The molecule has 0 saturated carbocycles. The van der Waals surface area contributed by atoms with Crippen LogP contribution in [0.2, 0.25) is 0 Å². The van der Waals surface area contributed by atoms with Gasteiger partial charge < -0.3 is 13.3 Å². The average molecular weight is 232 g/mol. The van der Waals surface area contributed by atoms with Crippen molar-refractivity contribution in [1.29, 1.82) is 0 Å². The molecule has 15 heavy (non-hydrogen) atoms. The molecule has 0 aliphatic carbocycles. The molecule has 0 N–H and O–H groups in total. The molecule has 1 aliphatic heterocycles. The van der Waals surface area contributed by atoms with E-state index >= 15 is 0 Å². The van der Waals surface area contributed by atoms with Gasteiger partial charge in [-0.1, -0.05) is 0 Å². The lowest BCUT2D eigenvalue weighted by molar-refractivity contribution is 0.0627. The Balaban J connectivity index is 2.73. The number of hydrogen-bond acceptors (Lipinski definition) is 5. The zero-order valence-corrected chi connectivity index (χ0v) is 10.7. The van der Waals surface area contributed by atoms with Gasteiger partial charge in [-0.3, -0.25) is 0 Å². The van der Waals surface area contributed by atoms with Crippen molar-refractivity contribution in [3.8, 4) is 0 Å². The number of hydrogen-bond donors (Lipinski definition) is 0. The molecule has 1 heterocycles. The SMILES string of the molecule is CCO[Si](OCC)(OCC)C1CCN=N1. The highest BCUT2D eigenvalue weighted by Crippen LogP contribution is 2.24. The summed E-state index contributed by atoms with van der Waals surface area (Å²) < 4.78 is 17.2. The van der Waals surface area contributed by atoms with Crippen LogP contribution in [0.25, 0.3) is 0 Å². The van der Waals surface area contributed by atoms with Gasteiger partial charge in [-0.2, -0.15) is 10.2 Å². The molecule has 0 fully saturated rings. The zero-order valence-electron chi connectivity index (χ0n) is 9.73. The van der Waals surface area contributed by atoms with Crippen molar-refractivity contribution in [3.63, 3.8) is 0 Å². The Morgan fingerprint density at radius 2 is 1.60 bits per heavy atom. The fraction of sp³-hybridized carbons (Fsp3) is 1.00. The summed E-state index contributed by atoms with van der Waals surface area (Å²) in [5.41, 5.74) is -0.00245. The molecule has 1 atom stereocenters. The van der Waals surface area contributed by atoms with Crippen LogP contribution in [0.15, 0.2) is 10.2 Å². The quantitative estimate of drug-likeness (QED) is 0.629. The van der Waals surface area contributed by atoms with Gasteiger partial charge >= 0.3 is 8.80 Å². The van der Waals surface area contributed by atoms with E-state index in [1.165, 1.54) is 0 Å². The third kappa shape index (κ3) is 3.07. The molecule has 0 saturated heterocycles. The van der Waals surface area contributed by atoms with Gasteiger partial charge in [-0.25, -0.2) is 0 Å². The van der Waals surface area contributed by atoms with E-state index in [4.69, 9.17) is 13.3 Å². The first-order chi connectivity index (χ1) is 7.29. The van der Waals surface area contributed by atoms with Crippen LogP contribution in [-0.4, -0.2) is 40.8 Å². The average Bonchev–Trinajstić information content (AvgIpc) is 2.72. The minimum atomic E-state index is -2.62. The summed E-state index contributed by atoms with van der Waals surface area (Å²) in [6, 6.07) is 0. The first-order valence-electron chi connectivity index (χ1n) is 5.57. The highest BCUT2D eigenvalue weighted by Gasteiger charge is 2.50. The van der Waals surface area contributed by atoms with Gasteiger partial charge in [0.05, 0.1) is 6.54 Å². The van der Waals surface area contributed by atoms with Gasteiger partial charge in [-0.05, 0) is 27.2 Å². The fourth-order valence-corrected chi connectivity index (χ4v) is 4.40. The molecule has 5 nitrogen and oxygen atoms in total. The van der Waals surface area contributed by atoms with Crippen molar-refractivity contribution in [2.75, 3.05) is 26.4 Å².